The first-order valence-corrected chi connectivity index (χ1v) is 5.44. The predicted molar refractivity (Wildman–Crippen MR) is 65.0 cm³/mol. The van der Waals surface area contributed by atoms with Gasteiger partial charge in [0.1, 0.15) is 0 Å². The average Bonchev–Trinajstić information content (AvgIpc) is 2.61. The SMILES string of the molecule is Cc1ccc(C)n1NCc1ccc(O)c(F)c1. The normalized spacial score (nSPS) is 10.5. The number of hydrogen-bond donors (Lipinski definition) is 2. The number of aromatic hydroxyl groups is 1. The van der Waals surface area contributed by atoms with Gasteiger partial charge in [0.05, 0.1) is 6.54 Å². The van der Waals surface area contributed by atoms with E-state index in [2.05, 4.69) is 5.43 Å². The predicted octanol–water partition coefficient (Wildman–Crippen LogP) is 2.69. The van der Waals surface area contributed by atoms with Crippen LogP contribution < -0.4 is 5.43 Å². The smallest absolute Gasteiger partial charge is 0.165 e. The van der Waals surface area contributed by atoms with E-state index >= 15 is 0 Å². The molecule has 2 rings (SSSR count). The first kappa shape index (κ1) is 11.5. The molecule has 0 atom stereocenters. The molecule has 0 saturated carbocycles. The van der Waals surface area contributed by atoms with E-state index in [9.17, 15) is 4.39 Å². The van der Waals surface area contributed by atoms with E-state index in [0.29, 0.717) is 6.54 Å². The fourth-order valence-corrected chi connectivity index (χ4v) is 1.75. The van der Waals surface area contributed by atoms with Crippen LogP contribution in [0, 0.1) is 19.7 Å². The number of phenolic OH excluding ortho intramolecular Hbond substituents is 1. The molecule has 17 heavy (non-hydrogen) atoms. The summed E-state index contributed by atoms with van der Waals surface area (Å²) in [5, 5.41) is 9.08. The minimum absolute atomic E-state index is 0.318. The van der Waals surface area contributed by atoms with Gasteiger partial charge < -0.3 is 10.5 Å². The first-order chi connectivity index (χ1) is 8.08. The lowest BCUT2D eigenvalue weighted by Crippen LogP contribution is -2.16. The molecule has 90 valence electrons. The van der Waals surface area contributed by atoms with Crippen molar-refractivity contribution in [2.75, 3.05) is 5.43 Å². The molecule has 1 heterocycles. The van der Waals surface area contributed by atoms with Gasteiger partial charge in [-0.2, -0.15) is 0 Å². The van der Waals surface area contributed by atoms with Gasteiger partial charge >= 0.3 is 0 Å². The Morgan fingerprint density at radius 3 is 2.41 bits per heavy atom. The van der Waals surface area contributed by atoms with Crippen LogP contribution in [-0.4, -0.2) is 9.78 Å². The molecule has 3 nitrogen and oxygen atoms in total. The molecule has 0 aliphatic heterocycles. The number of hydrogen-bond acceptors (Lipinski definition) is 2. The van der Waals surface area contributed by atoms with E-state index in [-0.39, 0.29) is 5.75 Å². The van der Waals surface area contributed by atoms with Crippen molar-refractivity contribution in [2.45, 2.75) is 20.4 Å². The summed E-state index contributed by atoms with van der Waals surface area (Å²) in [6, 6.07) is 8.41. The largest absolute Gasteiger partial charge is 0.505 e. The lowest BCUT2D eigenvalue weighted by atomic mass is 10.2. The summed E-state index contributed by atoms with van der Waals surface area (Å²) in [5.41, 5.74) is 6.18. The Morgan fingerprint density at radius 1 is 1.18 bits per heavy atom. The molecule has 2 aromatic rings. The second-order valence-corrected chi connectivity index (χ2v) is 4.07. The Balaban J connectivity index is 2.10. The van der Waals surface area contributed by atoms with Gasteiger partial charge in [-0.05, 0) is 43.7 Å². The molecule has 2 N–H and O–H groups in total. The van der Waals surface area contributed by atoms with Crippen molar-refractivity contribution in [2.24, 2.45) is 0 Å². The van der Waals surface area contributed by atoms with E-state index in [1.165, 1.54) is 12.1 Å². The molecule has 0 aliphatic carbocycles. The van der Waals surface area contributed by atoms with Gasteiger partial charge in [-0.15, -0.1) is 0 Å². The highest BCUT2D eigenvalue weighted by Gasteiger charge is 2.03. The average molecular weight is 234 g/mol. The number of aromatic nitrogens is 1. The minimum atomic E-state index is -0.592. The van der Waals surface area contributed by atoms with Crippen molar-refractivity contribution in [1.29, 1.82) is 0 Å². The summed E-state index contributed by atoms with van der Waals surface area (Å²) in [7, 11) is 0. The van der Waals surface area contributed by atoms with Crippen LogP contribution in [0.4, 0.5) is 4.39 Å². The third kappa shape index (κ3) is 2.41. The van der Waals surface area contributed by atoms with Gasteiger partial charge in [-0.3, -0.25) is 4.68 Å². The van der Waals surface area contributed by atoms with Crippen molar-refractivity contribution < 1.29 is 9.50 Å². The van der Waals surface area contributed by atoms with Gasteiger partial charge in [-0.25, -0.2) is 4.39 Å². The number of phenols is 1. The Labute approximate surface area is 99.5 Å². The molecule has 0 spiro atoms. The van der Waals surface area contributed by atoms with Gasteiger partial charge in [-0.1, -0.05) is 6.07 Å². The van der Waals surface area contributed by atoms with E-state index < -0.39 is 5.82 Å². The Morgan fingerprint density at radius 2 is 1.82 bits per heavy atom. The van der Waals surface area contributed by atoms with Crippen molar-refractivity contribution in [3.63, 3.8) is 0 Å². The van der Waals surface area contributed by atoms with Crippen LogP contribution in [0.2, 0.25) is 0 Å². The van der Waals surface area contributed by atoms with E-state index in [0.717, 1.165) is 17.0 Å². The molecule has 0 unspecified atom stereocenters. The molecule has 0 amide bonds. The highest BCUT2D eigenvalue weighted by atomic mass is 19.1. The summed E-state index contributed by atoms with van der Waals surface area (Å²) in [6.07, 6.45) is 0. The van der Waals surface area contributed by atoms with Crippen molar-refractivity contribution >= 4 is 0 Å². The summed E-state index contributed by atoms with van der Waals surface area (Å²) < 4.78 is 15.1. The maximum atomic E-state index is 13.1. The minimum Gasteiger partial charge on any atom is -0.505 e. The Hall–Kier alpha value is -1.97. The zero-order valence-electron chi connectivity index (χ0n) is 9.87. The molecule has 0 bridgehead atoms. The van der Waals surface area contributed by atoms with Crippen LogP contribution in [0.15, 0.2) is 30.3 Å². The maximum absolute atomic E-state index is 13.1. The summed E-state index contributed by atoms with van der Waals surface area (Å²) >= 11 is 0. The van der Waals surface area contributed by atoms with Crippen LogP contribution in [0.1, 0.15) is 17.0 Å². The number of rotatable bonds is 3. The van der Waals surface area contributed by atoms with Gasteiger partial charge in [0.25, 0.3) is 0 Å². The molecule has 0 fully saturated rings. The number of nitrogens with one attached hydrogen (secondary N) is 1. The third-order valence-corrected chi connectivity index (χ3v) is 2.72. The van der Waals surface area contributed by atoms with Crippen LogP contribution in [0.5, 0.6) is 5.75 Å². The molecule has 0 aliphatic rings. The lowest BCUT2D eigenvalue weighted by molar-refractivity contribution is 0.432. The number of halogens is 1. The Bertz CT molecular complexity index is 515. The molecule has 4 heteroatoms. The highest BCUT2D eigenvalue weighted by Crippen LogP contribution is 2.16. The number of nitrogens with zero attached hydrogens (tertiary/aromatic N) is 1. The molecule has 0 saturated heterocycles. The van der Waals surface area contributed by atoms with Crippen LogP contribution >= 0.6 is 0 Å². The van der Waals surface area contributed by atoms with Crippen molar-refractivity contribution in [3.8, 4) is 5.75 Å². The summed E-state index contributed by atoms with van der Waals surface area (Å²) in [6.45, 7) is 4.50. The van der Waals surface area contributed by atoms with E-state index in [4.69, 9.17) is 5.11 Å². The number of aryl methyl sites for hydroxylation is 2. The maximum Gasteiger partial charge on any atom is 0.165 e. The van der Waals surface area contributed by atoms with Gasteiger partial charge in [0.2, 0.25) is 0 Å². The van der Waals surface area contributed by atoms with Crippen LogP contribution in [0.3, 0.4) is 0 Å². The van der Waals surface area contributed by atoms with Crippen molar-refractivity contribution in [3.05, 3.63) is 53.1 Å². The standard InChI is InChI=1S/C13H15FN2O/c1-9-3-4-10(2)16(9)15-8-11-5-6-13(17)12(14)7-11/h3-7,15,17H,8H2,1-2H3. The molecule has 1 aromatic carbocycles. The molecule has 0 radical (unpaired) electrons. The van der Waals surface area contributed by atoms with Gasteiger partial charge in [0.15, 0.2) is 11.6 Å². The quantitative estimate of drug-likeness (QED) is 0.856. The summed E-state index contributed by atoms with van der Waals surface area (Å²) in [4.78, 5) is 0. The van der Waals surface area contributed by atoms with Crippen LogP contribution in [-0.2, 0) is 6.54 Å². The fraction of sp³-hybridized carbons (Fsp3) is 0.231. The van der Waals surface area contributed by atoms with Gasteiger partial charge in [0, 0.05) is 11.4 Å². The second-order valence-electron chi connectivity index (χ2n) is 4.07. The summed E-state index contributed by atoms with van der Waals surface area (Å²) in [5.74, 6) is -0.910. The zero-order chi connectivity index (χ0) is 12.4. The Kier molecular flexibility index (Phi) is 3.04. The second kappa shape index (κ2) is 4.49. The molecular weight excluding hydrogens is 219 g/mol. The molecular formula is C13H15FN2O. The first-order valence-electron chi connectivity index (χ1n) is 5.44. The highest BCUT2D eigenvalue weighted by molar-refractivity contribution is 5.28. The zero-order valence-corrected chi connectivity index (χ0v) is 9.87. The number of benzene rings is 1. The van der Waals surface area contributed by atoms with Crippen molar-refractivity contribution in [1.82, 2.24) is 4.68 Å². The lowest BCUT2D eigenvalue weighted by Gasteiger charge is -2.12. The van der Waals surface area contributed by atoms with Crippen LogP contribution in [0.25, 0.3) is 0 Å². The molecule has 1 aromatic heterocycles. The third-order valence-electron chi connectivity index (χ3n) is 2.72. The van der Waals surface area contributed by atoms with E-state index in [1.54, 1.807) is 6.07 Å². The fourth-order valence-electron chi connectivity index (χ4n) is 1.75. The monoisotopic (exact) mass is 234 g/mol. The van der Waals surface area contributed by atoms with E-state index in [1.807, 2.05) is 30.7 Å². The topological polar surface area (TPSA) is 37.2 Å².